The van der Waals surface area contributed by atoms with Crippen LogP contribution in [-0.4, -0.2) is 57.8 Å². The van der Waals surface area contributed by atoms with E-state index in [0.717, 1.165) is 25.2 Å². The fraction of sp³-hybridized carbons (Fsp3) is 0.588. The van der Waals surface area contributed by atoms with Crippen LogP contribution in [0.5, 0.6) is 0 Å². The predicted molar refractivity (Wildman–Crippen MR) is 93.0 cm³/mol. The van der Waals surface area contributed by atoms with Crippen LogP contribution in [0.1, 0.15) is 43.6 Å². The summed E-state index contributed by atoms with van der Waals surface area (Å²) in [6, 6.07) is 0. The van der Waals surface area contributed by atoms with Crippen molar-refractivity contribution in [1.82, 2.24) is 24.8 Å². The number of amides is 1. The third-order valence-corrected chi connectivity index (χ3v) is 4.18. The Morgan fingerprint density at radius 1 is 1.33 bits per heavy atom. The van der Waals surface area contributed by atoms with Gasteiger partial charge in [0.25, 0.3) is 5.91 Å². The Morgan fingerprint density at radius 2 is 2.04 bits per heavy atom. The summed E-state index contributed by atoms with van der Waals surface area (Å²) < 4.78 is 6.97. The zero-order valence-corrected chi connectivity index (χ0v) is 15.2. The van der Waals surface area contributed by atoms with Gasteiger partial charge in [0.05, 0.1) is 11.8 Å². The van der Waals surface area contributed by atoms with Gasteiger partial charge >= 0.3 is 0 Å². The number of carbonyl (C=O) groups excluding carboxylic acids is 1. The zero-order valence-electron chi connectivity index (χ0n) is 15.2. The highest BCUT2D eigenvalue weighted by molar-refractivity contribution is 5.99. The number of fused-ring (bicyclic) bond motifs is 1. The molecule has 0 bridgehead atoms. The fourth-order valence-corrected chi connectivity index (χ4v) is 2.32. The first-order chi connectivity index (χ1) is 11.4. The lowest BCUT2D eigenvalue weighted by atomic mass is 10.1. The van der Waals surface area contributed by atoms with E-state index in [2.05, 4.69) is 34.1 Å². The second-order valence-electron chi connectivity index (χ2n) is 6.40. The summed E-state index contributed by atoms with van der Waals surface area (Å²) in [5, 5.41) is 7.14. The van der Waals surface area contributed by atoms with Crippen molar-refractivity contribution in [2.75, 3.05) is 26.7 Å². The van der Waals surface area contributed by atoms with E-state index in [1.165, 1.54) is 0 Å². The molecule has 0 atom stereocenters. The van der Waals surface area contributed by atoms with Gasteiger partial charge in [0, 0.05) is 38.2 Å². The van der Waals surface area contributed by atoms with Crippen LogP contribution in [0.4, 0.5) is 0 Å². The standard InChI is InChI=1S/C17H27N5O2/c1-6-21(7-2)10-13-8-18-15-14(9-20-22(15)11-13)16(23)19-12-17(3,4)24-5/h8-9,11H,6-7,10,12H2,1-5H3,(H,19,23). The molecule has 1 amide bonds. The topological polar surface area (TPSA) is 71.8 Å². The molecule has 0 radical (unpaired) electrons. The van der Waals surface area contributed by atoms with Gasteiger partial charge in [-0.3, -0.25) is 9.69 Å². The lowest BCUT2D eigenvalue weighted by molar-refractivity contribution is 0.0229. The molecule has 1 N–H and O–H groups in total. The number of hydrogen-bond donors (Lipinski definition) is 1. The second-order valence-corrected chi connectivity index (χ2v) is 6.40. The lowest BCUT2D eigenvalue weighted by Crippen LogP contribution is -2.39. The van der Waals surface area contributed by atoms with Crippen LogP contribution in [-0.2, 0) is 11.3 Å². The maximum absolute atomic E-state index is 12.4. The first kappa shape index (κ1) is 18.4. The van der Waals surface area contributed by atoms with Gasteiger partial charge in [-0.05, 0) is 26.9 Å². The Kier molecular flexibility index (Phi) is 5.90. The van der Waals surface area contributed by atoms with E-state index >= 15 is 0 Å². The number of ether oxygens (including phenoxy) is 1. The Morgan fingerprint density at radius 3 is 2.67 bits per heavy atom. The normalized spacial score (nSPS) is 12.1. The average molecular weight is 333 g/mol. The summed E-state index contributed by atoms with van der Waals surface area (Å²) in [5.74, 6) is -0.195. The molecule has 7 heteroatoms. The summed E-state index contributed by atoms with van der Waals surface area (Å²) >= 11 is 0. The average Bonchev–Trinajstić information content (AvgIpc) is 3.00. The molecule has 0 aromatic carbocycles. The maximum atomic E-state index is 12.4. The van der Waals surface area contributed by atoms with Crippen LogP contribution < -0.4 is 5.32 Å². The molecule has 0 saturated heterocycles. The van der Waals surface area contributed by atoms with E-state index in [1.54, 1.807) is 17.8 Å². The predicted octanol–water partition coefficient (Wildman–Crippen LogP) is 1.73. The Bertz CT molecular complexity index is 691. The van der Waals surface area contributed by atoms with Gasteiger partial charge in [-0.1, -0.05) is 13.8 Å². The van der Waals surface area contributed by atoms with E-state index in [1.807, 2.05) is 26.2 Å². The third kappa shape index (κ3) is 4.30. The Hall–Kier alpha value is -1.99. The van der Waals surface area contributed by atoms with Crippen LogP contribution in [0.3, 0.4) is 0 Å². The number of hydrogen-bond acceptors (Lipinski definition) is 5. The first-order valence-corrected chi connectivity index (χ1v) is 8.28. The minimum absolute atomic E-state index is 0.195. The zero-order chi connectivity index (χ0) is 17.7. The third-order valence-electron chi connectivity index (χ3n) is 4.18. The van der Waals surface area contributed by atoms with E-state index in [4.69, 9.17) is 4.74 Å². The molecular formula is C17H27N5O2. The molecule has 0 unspecified atom stereocenters. The molecule has 24 heavy (non-hydrogen) atoms. The number of carbonyl (C=O) groups is 1. The number of aromatic nitrogens is 3. The van der Waals surface area contributed by atoms with Crippen molar-refractivity contribution in [2.45, 2.75) is 39.8 Å². The van der Waals surface area contributed by atoms with Crippen LogP contribution >= 0.6 is 0 Å². The molecule has 0 saturated carbocycles. The van der Waals surface area contributed by atoms with Crippen molar-refractivity contribution >= 4 is 11.6 Å². The highest BCUT2D eigenvalue weighted by atomic mass is 16.5. The number of rotatable bonds is 8. The second kappa shape index (κ2) is 7.72. The van der Waals surface area contributed by atoms with Crippen molar-refractivity contribution in [2.24, 2.45) is 0 Å². The first-order valence-electron chi connectivity index (χ1n) is 8.28. The van der Waals surface area contributed by atoms with E-state index in [-0.39, 0.29) is 5.91 Å². The minimum atomic E-state index is -0.414. The molecule has 0 fully saturated rings. The van der Waals surface area contributed by atoms with Crippen molar-refractivity contribution in [1.29, 1.82) is 0 Å². The smallest absolute Gasteiger partial charge is 0.256 e. The maximum Gasteiger partial charge on any atom is 0.256 e. The van der Waals surface area contributed by atoms with Crippen LogP contribution in [0.2, 0.25) is 0 Å². The van der Waals surface area contributed by atoms with Crippen molar-refractivity contribution in [3.05, 3.63) is 29.7 Å². The molecule has 2 rings (SSSR count). The van der Waals surface area contributed by atoms with E-state index < -0.39 is 5.60 Å². The van der Waals surface area contributed by atoms with Gasteiger partial charge in [0.1, 0.15) is 5.56 Å². The number of nitrogens with zero attached hydrogens (tertiary/aromatic N) is 4. The van der Waals surface area contributed by atoms with Gasteiger partial charge in [0.15, 0.2) is 5.65 Å². The summed E-state index contributed by atoms with van der Waals surface area (Å²) in [6.45, 7) is 11.3. The quantitative estimate of drug-likeness (QED) is 0.796. The lowest BCUT2D eigenvalue weighted by Gasteiger charge is -2.22. The van der Waals surface area contributed by atoms with Crippen LogP contribution in [0, 0.1) is 0 Å². The summed E-state index contributed by atoms with van der Waals surface area (Å²) in [4.78, 5) is 19.1. The molecule has 132 valence electrons. The molecule has 7 nitrogen and oxygen atoms in total. The van der Waals surface area contributed by atoms with Gasteiger partial charge in [-0.25, -0.2) is 9.50 Å². The summed E-state index contributed by atoms with van der Waals surface area (Å²) in [6.07, 6.45) is 5.29. The molecule has 0 aliphatic heterocycles. The van der Waals surface area contributed by atoms with E-state index in [0.29, 0.717) is 17.8 Å². The minimum Gasteiger partial charge on any atom is -0.377 e. The number of nitrogens with one attached hydrogen (secondary N) is 1. The van der Waals surface area contributed by atoms with Crippen molar-refractivity contribution < 1.29 is 9.53 Å². The molecule has 2 aromatic heterocycles. The Labute approximate surface area is 143 Å². The molecule has 2 aromatic rings. The SMILES string of the molecule is CCN(CC)Cc1cnc2c(C(=O)NCC(C)(C)OC)cnn2c1. The van der Waals surface area contributed by atoms with Gasteiger partial charge in [-0.15, -0.1) is 0 Å². The highest BCUT2D eigenvalue weighted by Gasteiger charge is 2.20. The summed E-state index contributed by atoms with van der Waals surface area (Å²) in [7, 11) is 1.63. The molecule has 2 heterocycles. The molecular weight excluding hydrogens is 306 g/mol. The molecule has 0 aliphatic carbocycles. The summed E-state index contributed by atoms with van der Waals surface area (Å²) in [5.41, 5.74) is 1.69. The number of methoxy groups -OCH3 is 1. The largest absolute Gasteiger partial charge is 0.377 e. The van der Waals surface area contributed by atoms with Crippen LogP contribution in [0.25, 0.3) is 5.65 Å². The fourth-order valence-electron chi connectivity index (χ4n) is 2.32. The Balaban J connectivity index is 2.14. The highest BCUT2D eigenvalue weighted by Crippen LogP contribution is 2.11. The van der Waals surface area contributed by atoms with Gasteiger partial charge in [0.2, 0.25) is 0 Å². The molecule has 0 aliphatic rings. The van der Waals surface area contributed by atoms with Crippen molar-refractivity contribution in [3.8, 4) is 0 Å². The van der Waals surface area contributed by atoms with E-state index in [9.17, 15) is 4.79 Å². The van der Waals surface area contributed by atoms with Crippen LogP contribution in [0.15, 0.2) is 18.6 Å². The van der Waals surface area contributed by atoms with Gasteiger partial charge in [-0.2, -0.15) is 5.10 Å². The molecule has 0 spiro atoms. The van der Waals surface area contributed by atoms with Gasteiger partial charge < -0.3 is 10.1 Å². The van der Waals surface area contributed by atoms with Crippen molar-refractivity contribution in [3.63, 3.8) is 0 Å². The monoisotopic (exact) mass is 333 g/mol.